The van der Waals surface area contributed by atoms with Gasteiger partial charge in [0.1, 0.15) is 11.9 Å². The molecule has 7 nitrogen and oxygen atoms in total. The zero-order valence-electron chi connectivity index (χ0n) is 13.3. The predicted octanol–water partition coefficient (Wildman–Crippen LogP) is 3.46. The highest BCUT2D eigenvalue weighted by molar-refractivity contribution is 6.00. The zero-order valence-corrected chi connectivity index (χ0v) is 13.3. The maximum absolute atomic E-state index is 12.4. The Labute approximate surface area is 143 Å². The Bertz CT molecular complexity index is 863. The van der Waals surface area contributed by atoms with Gasteiger partial charge in [-0.05, 0) is 23.8 Å². The first-order valence-electron chi connectivity index (χ1n) is 7.99. The lowest BCUT2D eigenvalue weighted by atomic mass is 9.95. The van der Waals surface area contributed by atoms with Crippen molar-refractivity contribution in [2.75, 3.05) is 13.2 Å². The summed E-state index contributed by atoms with van der Waals surface area (Å²) in [7, 11) is 0. The standard InChI is InChI=1S/C18H15NO6/c20-14-10-17(25-15-5-3-12(19(21)22)9-13(14)15)11-2-4-16-18(8-11)24-7-1-6-23-16/h2-5,8-9,17H,1,6-7,10H2. The Balaban J connectivity index is 1.64. The van der Waals surface area contributed by atoms with Crippen LogP contribution in [0.1, 0.15) is 34.9 Å². The van der Waals surface area contributed by atoms with Gasteiger partial charge < -0.3 is 14.2 Å². The molecule has 4 rings (SSSR count). The number of carbonyl (C=O) groups excluding carboxylic acids is 1. The van der Waals surface area contributed by atoms with Gasteiger partial charge in [0.05, 0.1) is 30.1 Å². The summed E-state index contributed by atoms with van der Waals surface area (Å²) in [6, 6.07) is 9.57. The Kier molecular flexibility index (Phi) is 3.76. The number of nitrogens with zero attached hydrogens (tertiary/aromatic N) is 1. The van der Waals surface area contributed by atoms with Crippen LogP contribution < -0.4 is 14.2 Å². The third kappa shape index (κ3) is 2.88. The normalized spacial score (nSPS) is 18.7. The second-order valence-electron chi connectivity index (χ2n) is 5.93. The minimum Gasteiger partial charge on any atom is -0.490 e. The van der Waals surface area contributed by atoms with Gasteiger partial charge in [-0.3, -0.25) is 14.9 Å². The number of benzene rings is 2. The number of rotatable bonds is 2. The molecule has 0 bridgehead atoms. The highest BCUT2D eigenvalue weighted by Gasteiger charge is 2.30. The van der Waals surface area contributed by atoms with Gasteiger partial charge in [0.15, 0.2) is 17.3 Å². The molecule has 2 aliphatic heterocycles. The maximum Gasteiger partial charge on any atom is 0.270 e. The lowest BCUT2D eigenvalue weighted by Crippen LogP contribution is -2.20. The molecule has 2 heterocycles. The van der Waals surface area contributed by atoms with Gasteiger partial charge in [-0.25, -0.2) is 0 Å². The first kappa shape index (κ1) is 15.4. The lowest BCUT2D eigenvalue weighted by Gasteiger charge is -2.25. The number of Topliss-reactive ketones (excluding diaryl/α,β-unsaturated/α-hetero) is 1. The van der Waals surface area contributed by atoms with E-state index in [-0.39, 0.29) is 23.5 Å². The first-order chi connectivity index (χ1) is 12.1. The molecule has 0 radical (unpaired) electrons. The summed E-state index contributed by atoms with van der Waals surface area (Å²) >= 11 is 0. The second kappa shape index (κ2) is 6.08. The molecule has 0 N–H and O–H groups in total. The quantitative estimate of drug-likeness (QED) is 0.614. The van der Waals surface area contributed by atoms with E-state index < -0.39 is 11.0 Å². The molecule has 0 spiro atoms. The van der Waals surface area contributed by atoms with E-state index in [0.29, 0.717) is 30.5 Å². The van der Waals surface area contributed by atoms with Crippen LogP contribution in [0.4, 0.5) is 5.69 Å². The average molecular weight is 341 g/mol. The highest BCUT2D eigenvalue weighted by atomic mass is 16.6. The van der Waals surface area contributed by atoms with Crippen LogP contribution in [-0.2, 0) is 0 Å². The smallest absolute Gasteiger partial charge is 0.270 e. The van der Waals surface area contributed by atoms with Crippen molar-refractivity contribution in [2.24, 2.45) is 0 Å². The average Bonchev–Trinajstić information content (AvgIpc) is 2.86. The number of fused-ring (bicyclic) bond motifs is 2. The van der Waals surface area contributed by atoms with Crippen molar-refractivity contribution in [3.05, 3.63) is 57.6 Å². The van der Waals surface area contributed by atoms with E-state index in [0.717, 1.165) is 12.0 Å². The Hall–Kier alpha value is -3.09. The van der Waals surface area contributed by atoms with Crippen LogP contribution in [0.3, 0.4) is 0 Å². The van der Waals surface area contributed by atoms with Gasteiger partial charge in [0.25, 0.3) is 5.69 Å². The van der Waals surface area contributed by atoms with Crippen LogP contribution in [0, 0.1) is 10.1 Å². The van der Waals surface area contributed by atoms with Crippen LogP contribution in [0.25, 0.3) is 0 Å². The van der Waals surface area contributed by atoms with Gasteiger partial charge >= 0.3 is 0 Å². The fraction of sp³-hybridized carbons (Fsp3) is 0.278. The molecule has 2 aromatic carbocycles. The molecule has 25 heavy (non-hydrogen) atoms. The summed E-state index contributed by atoms with van der Waals surface area (Å²) in [5, 5.41) is 10.9. The molecule has 1 atom stereocenters. The fourth-order valence-corrected chi connectivity index (χ4v) is 2.99. The molecule has 1 unspecified atom stereocenters. The van der Waals surface area contributed by atoms with Crippen LogP contribution >= 0.6 is 0 Å². The van der Waals surface area contributed by atoms with Gasteiger partial charge in [0, 0.05) is 18.6 Å². The topological polar surface area (TPSA) is 87.9 Å². The van der Waals surface area contributed by atoms with E-state index in [4.69, 9.17) is 14.2 Å². The van der Waals surface area contributed by atoms with Gasteiger partial charge in [-0.1, -0.05) is 6.07 Å². The summed E-state index contributed by atoms with van der Waals surface area (Å²) in [6.45, 7) is 1.18. The summed E-state index contributed by atoms with van der Waals surface area (Å²) in [5.74, 6) is 1.50. The molecular formula is C18H15NO6. The second-order valence-corrected chi connectivity index (χ2v) is 5.93. The van der Waals surface area contributed by atoms with Crippen molar-refractivity contribution in [3.8, 4) is 17.2 Å². The number of nitro groups is 1. The van der Waals surface area contributed by atoms with Crippen molar-refractivity contribution < 1.29 is 23.9 Å². The molecule has 2 aliphatic rings. The van der Waals surface area contributed by atoms with Gasteiger partial charge in [0.2, 0.25) is 0 Å². The van der Waals surface area contributed by atoms with Crippen molar-refractivity contribution in [1.82, 2.24) is 0 Å². The van der Waals surface area contributed by atoms with Gasteiger partial charge in [-0.2, -0.15) is 0 Å². The molecule has 0 aromatic heterocycles. The number of ketones is 1. The SMILES string of the molecule is O=C1CC(c2ccc3c(c2)OCCCO3)Oc2ccc([N+](=O)[O-])cc21. The predicted molar refractivity (Wildman–Crippen MR) is 87.5 cm³/mol. The zero-order chi connectivity index (χ0) is 17.4. The van der Waals surface area contributed by atoms with Crippen LogP contribution in [-0.4, -0.2) is 23.9 Å². The van der Waals surface area contributed by atoms with E-state index >= 15 is 0 Å². The number of carbonyl (C=O) groups is 1. The molecule has 2 aromatic rings. The summed E-state index contributed by atoms with van der Waals surface area (Å²) in [4.78, 5) is 22.8. The van der Waals surface area contributed by atoms with E-state index in [1.54, 1.807) is 0 Å². The van der Waals surface area contributed by atoms with Crippen LogP contribution in [0.5, 0.6) is 17.2 Å². The molecule has 0 saturated carbocycles. The molecule has 128 valence electrons. The third-order valence-electron chi connectivity index (χ3n) is 4.26. The lowest BCUT2D eigenvalue weighted by molar-refractivity contribution is -0.384. The Morgan fingerprint density at radius 3 is 2.56 bits per heavy atom. The van der Waals surface area contributed by atoms with Crippen molar-refractivity contribution in [2.45, 2.75) is 18.9 Å². The van der Waals surface area contributed by atoms with E-state index in [1.807, 2.05) is 18.2 Å². The van der Waals surface area contributed by atoms with Crippen LogP contribution in [0.15, 0.2) is 36.4 Å². The molecule has 0 aliphatic carbocycles. The molecule has 0 saturated heterocycles. The Morgan fingerprint density at radius 1 is 1.00 bits per heavy atom. The molecule has 0 amide bonds. The molecule has 0 fully saturated rings. The largest absolute Gasteiger partial charge is 0.490 e. The first-order valence-corrected chi connectivity index (χ1v) is 7.99. The number of hydrogen-bond donors (Lipinski definition) is 0. The third-order valence-corrected chi connectivity index (χ3v) is 4.26. The summed E-state index contributed by atoms with van der Waals surface area (Å²) in [5.41, 5.74) is 0.936. The summed E-state index contributed by atoms with van der Waals surface area (Å²) in [6.07, 6.45) is 0.473. The number of hydrogen-bond acceptors (Lipinski definition) is 6. The fourth-order valence-electron chi connectivity index (χ4n) is 2.99. The molecular weight excluding hydrogens is 326 g/mol. The maximum atomic E-state index is 12.4. The van der Waals surface area contributed by atoms with E-state index in [9.17, 15) is 14.9 Å². The Morgan fingerprint density at radius 2 is 1.76 bits per heavy atom. The highest BCUT2D eigenvalue weighted by Crippen LogP contribution is 2.39. The monoisotopic (exact) mass is 341 g/mol. The minimum atomic E-state index is -0.524. The number of nitro benzene ring substituents is 1. The van der Waals surface area contributed by atoms with Crippen LogP contribution in [0.2, 0.25) is 0 Å². The summed E-state index contributed by atoms with van der Waals surface area (Å²) < 4.78 is 17.2. The van der Waals surface area contributed by atoms with Crippen molar-refractivity contribution in [3.63, 3.8) is 0 Å². The van der Waals surface area contributed by atoms with Crippen molar-refractivity contribution in [1.29, 1.82) is 0 Å². The van der Waals surface area contributed by atoms with E-state index in [1.165, 1.54) is 18.2 Å². The van der Waals surface area contributed by atoms with E-state index in [2.05, 4.69) is 0 Å². The van der Waals surface area contributed by atoms with Gasteiger partial charge in [-0.15, -0.1) is 0 Å². The number of non-ortho nitro benzene ring substituents is 1. The number of ether oxygens (including phenoxy) is 3. The van der Waals surface area contributed by atoms with Crippen molar-refractivity contribution >= 4 is 11.5 Å². The minimum absolute atomic E-state index is 0.119. The molecule has 7 heteroatoms.